The zero-order valence-electron chi connectivity index (χ0n) is 20.0. The van der Waals surface area contributed by atoms with Crippen molar-refractivity contribution in [1.29, 1.82) is 0 Å². The highest BCUT2D eigenvalue weighted by molar-refractivity contribution is 6.31. The Hall–Kier alpha value is -2.73. The van der Waals surface area contributed by atoms with Gasteiger partial charge in [0.1, 0.15) is 13.2 Å². The fraction of sp³-hybridized carbons (Fsp3) is 0.345. The van der Waals surface area contributed by atoms with Crippen LogP contribution in [0.5, 0.6) is 11.5 Å². The maximum absolute atomic E-state index is 13.3. The molecule has 6 rings (SSSR count). The zero-order chi connectivity index (χ0) is 24.7. The standard InChI is InChI=1S/C29H28Cl2N2O3/c30-23-8-5-20(6-9-23)27-29(19-33(27)18-22-3-1-2-4-24(22)31)11-13-32(14-12-29)28(34)21-7-10-25-26(17-21)36-16-15-35-25/h1-10,17,27H,11-16,18-19H2. The molecule has 5 nitrogen and oxygen atoms in total. The van der Waals surface area contributed by atoms with Crippen molar-refractivity contribution in [2.24, 2.45) is 5.41 Å². The van der Waals surface area contributed by atoms with E-state index in [4.69, 9.17) is 32.7 Å². The Morgan fingerprint density at radius 1 is 0.917 bits per heavy atom. The lowest BCUT2D eigenvalue weighted by molar-refractivity contribution is -0.113. The number of ether oxygens (including phenoxy) is 2. The number of carbonyl (C=O) groups excluding carboxylic acids is 1. The Morgan fingerprint density at radius 2 is 1.64 bits per heavy atom. The average molecular weight is 523 g/mol. The van der Waals surface area contributed by atoms with Crippen molar-refractivity contribution in [3.05, 3.63) is 93.5 Å². The van der Waals surface area contributed by atoms with Crippen molar-refractivity contribution in [3.8, 4) is 11.5 Å². The van der Waals surface area contributed by atoms with Crippen LogP contribution in [-0.4, -0.2) is 48.6 Å². The van der Waals surface area contributed by atoms with E-state index < -0.39 is 0 Å². The second-order valence-electron chi connectivity index (χ2n) is 9.96. The second kappa shape index (κ2) is 9.62. The van der Waals surface area contributed by atoms with E-state index in [9.17, 15) is 4.79 Å². The van der Waals surface area contributed by atoms with Gasteiger partial charge in [-0.1, -0.05) is 53.5 Å². The summed E-state index contributed by atoms with van der Waals surface area (Å²) >= 11 is 12.7. The number of carbonyl (C=O) groups is 1. The van der Waals surface area contributed by atoms with Crippen LogP contribution in [0.1, 0.15) is 40.4 Å². The summed E-state index contributed by atoms with van der Waals surface area (Å²) in [7, 11) is 0. The van der Waals surface area contributed by atoms with Crippen LogP contribution in [0.2, 0.25) is 10.0 Å². The number of halogens is 2. The highest BCUT2D eigenvalue weighted by atomic mass is 35.5. The number of piperidine rings is 1. The molecule has 3 heterocycles. The summed E-state index contributed by atoms with van der Waals surface area (Å²) in [5.74, 6) is 1.41. The third kappa shape index (κ3) is 4.34. The molecule has 7 heteroatoms. The normalized spacial score (nSPS) is 20.7. The summed E-state index contributed by atoms with van der Waals surface area (Å²) in [4.78, 5) is 17.8. The van der Waals surface area contributed by atoms with E-state index in [1.165, 1.54) is 5.56 Å². The van der Waals surface area contributed by atoms with E-state index in [1.807, 2.05) is 53.4 Å². The number of rotatable bonds is 4. The van der Waals surface area contributed by atoms with Gasteiger partial charge in [-0.15, -0.1) is 0 Å². The molecule has 0 N–H and O–H groups in total. The maximum Gasteiger partial charge on any atom is 0.253 e. The summed E-state index contributed by atoms with van der Waals surface area (Å²) in [5, 5.41) is 1.54. The quantitative estimate of drug-likeness (QED) is 0.406. The van der Waals surface area contributed by atoms with Gasteiger partial charge >= 0.3 is 0 Å². The van der Waals surface area contributed by atoms with E-state index in [2.05, 4.69) is 23.1 Å². The molecule has 0 aromatic heterocycles. The number of hydrogen-bond acceptors (Lipinski definition) is 4. The number of likely N-dealkylation sites (tertiary alicyclic amines) is 2. The molecule has 3 aliphatic rings. The molecular weight excluding hydrogens is 495 g/mol. The average Bonchev–Trinajstić information content (AvgIpc) is 2.90. The van der Waals surface area contributed by atoms with E-state index in [1.54, 1.807) is 0 Å². The van der Waals surface area contributed by atoms with Crippen LogP contribution in [-0.2, 0) is 6.54 Å². The molecule has 3 aliphatic heterocycles. The molecule has 3 aromatic rings. The second-order valence-corrected chi connectivity index (χ2v) is 10.8. The molecule has 1 amide bonds. The largest absolute Gasteiger partial charge is 0.486 e. The predicted octanol–water partition coefficient (Wildman–Crippen LogP) is 6.24. The number of hydrogen-bond donors (Lipinski definition) is 0. The summed E-state index contributed by atoms with van der Waals surface area (Å²) in [6, 6.07) is 22.0. The van der Waals surface area contributed by atoms with Crippen molar-refractivity contribution in [2.45, 2.75) is 25.4 Å². The minimum atomic E-state index is 0.0529. The molecule has 0 radical (unpaired) electrons. The van der Waals surface area contributed by atoms with Gasteiger partial charge in [-0.05, 0) is 60.4 Å². The molecule has 36 heavy (non-hydrogen) atoms. The summed E-state index contributed by atoms with van der Waals surface area (Å²) < 4.78 is 11.3. The third-order valence-electron chi connectivity index (χ3n) is 7.82. The SMILES string of the molecule is O=C(c1ccc2c(c1)OCCO2)N1CCC2(CC1)CN(Cc1ccccc1Cl)C2c1ccc(Cl)cc1. The first kappa shape index (κ1) is 23.7. The van der Waals surface area contributed by atoms with Gasteiger partial charge in [0.15, 0.2) is 11.5 Å². The maximum atomic E-state index is 13.3. The first-order valence-electron chi connectivity index (χ1n) is 12.4. The predicted molar refractivity (Wildman–Crippen MR) is 141 cm³/mol. The molecule has 186 valence electrons. The van der Waals surface area contributed by atoms with Gasteiger partial charge < -0.3 is 14.4 Å². The Kier molecular flexibility index (Phi) is 6.32. The number of amides is 1. The van der Waals surface area contributed by atoms with Gasteiger partial charge in [0.2, 0.25) is 0 Å². The van der Waals surface area contributed by atoms with Crippen LogP contribution in [0.25, 0.3) is 0 Å². The molecule has 0 saturated carbocycles. The van der Waals surface area contributed by atoms with Gasteiger partial charge in [0.05, 0.1) is 0 Å². The van der Waals surface area contributed by atoms with Crippen molar-refractivity contribution in [2.75, 3.05) is 32.8 Å². The minimum Gasteiger partial charge on any atom is -0.486 e. The van der Waals surface area contributed by atoms with Gasteiger partial charge in [0, 0.05) is 53.2 Å². The van der Waals surface area contributed by atoms with Crippen molar-refractivity contribution >= 4 is 29.1 Å². The number of fused-ring (bicyclic) bond motifs is 1. The van der Waals surface area contributed by atoms with Crippen LogP contribution in [0.4, 0.5) is 0 Å². The van der Waals surface area contributed by atoms with E-state index in [-0.39, 0.29) is 17.4 Å². The molecule has 1 unspecified atom stereocenters. The lowest BCUT2D eigenvalue weighted by atomic mass is 9.63. The number of nitrogens with zero attached hydrogens (tertiary/aromatic N) is 2. The van der Waals surface area contributed by atoms with Crippen molar-refractivity contribution in [3.63, 3.8) is 0 Å². The Morgan fingerprint density at radius 3 is 2.39 bits per heavy atom. The molecule has 1 spiro atoms. The minimum absolute atomic E-state index is 0.0529. The Bertz CT molecular complexity index is 1270. The van der Waals surface area contributed by atoms with Crippen LogP contribution in [0.3, 0.4) is 0 Å². The summed E-state index contributed by atoms with van der Waals surface area (Å²) in [6.07, 6.45) is 1.91. The van der Waals surface area contributed by atoms with Crippen molar-refractivity contribution in [1.82, 2.24) is 9.80 Å². The Balaban J connectivity index is 1.19. The zero-order valence-corrected chi connectivity index (χ0v) is 21.5. The lowest BCUT2D eigenvalue weighted by Crippen LogP contribution is -2.62. The van der Waals surface area contributed by atoms with E-state index in [0.29, 0.717) is 30.3 Å². The first-order chi connectivity index (χ1) is 17.5. The van der Waals surface area contributed by atoms with Gasteiger partial charge in [-0.3, -0.25) is 9.69 Å². The van der Waals surface area contributed by atoms with Gasteiger partial charge in [-0.2, -0.15) is 0 Å². The topological polar surface area (TPSA) is 42.0 Å². The summed E-state index contributed by atoms with van der Waals surface area (Å²) in [5.41, 5.74) is 3.18. The fourth-order valence-electron chi connectivity index (χ4n) is 6.00. The van der Waals surface area contributed by atoms with Gasteiger partial charge in [-0.25, -0.2) is 0 Å². The molecule has 0 bridgehead atoms. The molecule has 2 saturated heterocycles. The highest BCUT2D eigenvalue weighted by Crippen LogP contribution is 2.55. The first-order valence-corrected chi connectivity index (χ1v) is 13.2. The third-order valence-corrected chi connectivity index (χ3v) is 8.44. The van der Waals surface area contributed by atoms with Crippen LogP contribution >= 0.6 is 23.2 Å². The Labute approximate surface area is 221 Å². The van der Waals surface area contributed by atoms with Crippen LogP contribution in [0, 0.1) is 5.41 Å². The summed E-state index contributed by atoms with van der Waals surface area (Å²) in [6.45, 7) is 4.30. The molecule has 3 aromatic carbocycles. The van der Waals surface area contributed by atoms with E-state index in [0.717, 1.165) is 54.6 Å². The van der Waals surface area contributed by atoms with Crippen molar-refractivity contribution < 1.29 is 14.3 Å². The number of benzene rings is 3. The lowest BCUT2D eigenvalue weighted by Gasteiger charge is -2.61. The van der Waals surface area contributed by atoms with Crippen LogP contribution in [0.15, 0.2) is 66.7 Å². The smallest absolute Gasteiger partial charge is 0.253 e. The van der Waals surface area contributed by atoms with Crippen LogP contribution < -0.4 is 9.47 Å². The molecular formula is C29H28Cl2N2O3. The molecule has 2 fully saturated rings. The fourth-order valence-corrected chi connectivity index (χ4v) is 6.33. The molecule has 0 aliphatic carbocycles. The van der Waals surface area contributed by atoms with E-state index >= 15 is 0 Å². The highest BCUT2D eigenvalue weighted by Gasteiger charge is 2.54. The molecule has 1 atom stereocenters. The van der Waals surface area contributed by atoms with Gasteiger partial charge in [0.25, 0.3) is 5.91 Å². The monoisotopic (exact) mass is 522 g/mol.